The van der Waals surface area contributed by atoms with Crippen LogP contribution in [-0.4, -0.2) is 35.4 Å². The molecule has 1 aromatic rings. The van der Waals surface area contributed by atoms with Gasteiger partial charge in [-0.05, 0) is 26.2 Å². The second-order valence-electron chi connectivity index (χ2n) is 3.42. The first-order valence-corrected chi connectivity index (χ1v) is 6.50. The van der Waals surface area contributed by atoms with E-state index in [1.807, 2.05) is 6.92 Å². The van der Waals surface area contributed by atoms with Crippen molar-refractivity contribution in [2.24, 2.45) is 0 Å². The molecule has 0 spiro atoms. The molecule has 0 radical (unpaired) electrons. The Morgan fingerprint density at radius 1 is 1.47 bits per heavy atom. The summed E-state index contributed by atoms with van der Waals surface area (Å²) in [5, 5.41) is 9.70. The number of nitrogens with zero attached hydrogens (tertiary/aromatic N) is 2. The van der Waals surface area contributed by atoms with Crippen molar-refractivity contribution in [3.05, 3.63) is 6.20 Å². The van der Waals surface area contributed by atoms with Crippen LogP contribution < -0.4 is 10.6 Å². The summed E-state index contributed by atoms with van der Waals surface area (Å²) in [6, 6.07) is -0.208. The van der Waals surface area contributed by atoms with Crippen LogP contribution >= 0.6 is 11.5 Å². The zero-order valence-electron chi connectivity index (χ0n) is 9.94. The molecule has 0 unspecified atom stereocenters. The smallest absolute Gasteiger partial charge is 0.319 e. The number of nitrogens with one attached hydrogen (secondary N) is 2. The number of ether oxygens (including phenoxy) is 1. The van der Waals surface area contributed by atoms with Gasteiger partial charge in [-0.15, -0.1) is 5.10 Å². The quantitative estimate of drug-likeness (QED) is 0.698. The molecular formula is C10H18N4O2S. The molecule has 0 bridgehead atoms. The maximum atomic E-state index is 11.3. The predicted octanol–water partition coefficient (Wildman–Crippen LogP) is 1.87. The summed E-state index contributed by atoms with van der Waals surface area (Å²) < 4.78 is 8.87. The SMILES string of the molecule is CCOCCCCCNC(=O)Nc1cnns1. The van der Waals surface area contributed by atoms with Crippen LogP contribution in [0.3, 0.4) is 0 Å². The highest BCUT2D eigenvalue weighted by atomic mass is 32.1. The Morgan fingerprint density at radius 3 is 3.06 bits per heavy atom. The Labute approximate surface area is 105 Å². The average molecular weight is 258 g/mol. The third-order valence-electron chi connectivity index (χ3n) is 2.05. The summed E-state index contributed by atoms with van der Waals surface area (Å²) in [6.45, 7) is 4.23. The molecule has 0 saturated carbocycles. The largest absolute Gasteiger partial charge is 0.382 e. The summed E-state index contributed by atoms with van der Waals surface area (Å²) in [4.78, 5) is 11.3. The highest BCUT2D eigenvalue weighted by molar-refractivity contribution is 7.10. The van der Waals surface area contributed by atoms with Crippen molar-refractivity contribution in [2.45, 2.75) is 26.2 Å². The van der Waals surface area contributed by atoms with Crippen molar-refractivity contribution in [3.8, 4) is 0 Å². The highest BCUT2D eigenvalue weighted by Crippen LogP contribution is 2.08. The number of aromatic nitrogens is 2. The molecule has 0 aliphatic carbocycles. The van der Waals surface area contributed by atoms with E-state index in [2.05, 4.69) is 20.2 Å². The summed E-state index contributed by atoms with van der Waals surface area (Å²) in [7, 11) is 0. The Balaban J connectivity index is 1.94. The van der Waals surface area contributed by atoms with Crippen LogP contribution in [0.25, 0.3) is 0 Å². The van der Waals surface area contributed by atoms with Crippen LogP contribution in [0.4, 0.5) is 9.80 Å². The van der Waals surface area contributed by atoms with Gasteiger partial charge in [0.1, 0.15) is 5.00 Å². The van der Waals surface area contributed by atoms with Gasteiger partial charge in [-0.25, -0.2) is 4.79 Å². The number of hydrogen-bond acceptors (Lipinski definition) is 5. The summed E-state index contributed by atoms with van der Waals surface area (Å²) in [6.07, 6.45) is 4.58. The van der Waals surface area contributed by atoms with Crippen LogP contribution in [0.1, 0.15) is 26.2 Å². The molecule has 0 fully saturated rings. The molecule has 96 valence electrons. The molecule has 2 N–H and O–H groups in total. The van der Waals surface area contributed by atoms with Crippen molar-refractivity contribution in [2.75, 3.05) is 25.1 Å². The normalized spacial score (nSPS) is 10.2. The molecule has 0 aliphatic rings. The van der Waals surface area contributed by atoms with Crippen molar-refractivity contribution in [1.29, 1.82) is 0 Å². The highest BCUT2D eigenvalue weighted by Gasteiger charge is 2.01. The number of amides is 2. The maximum Gasteiger partial charge on any atom is 0.319 e. The second-order valence-corrected chi connectivity index (χ2v) is 4.21. The minimum Gasteiger partial charge on any atom is -0.382 e. The van der Waals surface area contributed by atoms with E-state index in [1.54, 1.807) is 0 Å². The molecule has 6 nitrogen and oxygen atoms in total. The lowest BCUT2D eigenvalue weighted by atomic mass is 10.2. The molecular weight excluding hydrogens is 240 g/mol. The summed E-state index contributed by atoms with van der Waals surface area (Å²) in [5.41, 5.74) is 0. The first-order chi connectivity index (χ1) is 8.33. The van der Waals surface area contributed by atoms with Crippen LogP contribution in [0.5, 0.6) is 0 Å². The molecule has 1 aromatic heterocycles. The zero-order chi connectivity index (χ0) is 12.3. The maximum absolute atomic E-state index is 11.3. The van der Waals surface area contributed by atoms with Gasteiger partial charge in [0, 0.05) is 31.3 Å². The lowest BCUT2D eigenvalue weighted by Gasteiger charge is -2.05. The van der Waals surface area contributed by atoms with Gasteiger partial charge in [-0.1, -0.05) is 4.49 Å². The van der Waals surface area contributed by atoms with Crippen LogP contribution in [0, 0.1) is 0 Å². The number of carbonyl (C=O) groups excluding carboxylic acids is 1. The lowest BCUT2D eigenvalue weighted by Crippen LogP contribution is -2.29. The third-order valence-corrected chi connectivity index (χ3v) is 2.63. The van der Waals surface area contributed by atoms with Crippen molar-refractivity contribution in [1.82, 2.24) is 14.9 Å². The Morgan fingerprint density at radius 2 is 2.35 bits per heavy atom. The molecule has 0 aromatic carbocycles. The lowest BCUT2D eigenvalue weighted by molar-refractivity contribution is 0.143. The van der Waals surface area contributed by atoms with E-state index in [-0.39, 0.29) is 6.03 Å². The van der Waals surface area contributed by atoms with Gasteiger partial charge in [0.2, 0.25) is 0 Å². The minimum absolute atomic E-state index is 0.208. The number of urea groups is 1. The molecule has 7 heteroatoms. The van der Waals surface area contributed by atoms with E-state index in [9.17, 15) is 4.79 Å². The number of hydrogen-bond donors (Lipinski definition) is 2. The zero-order valence-corrected chi connectivity index (χ0v) is 10.8. The third kappa shape index (κ3) is 6.85. The molecule has 1 rings (SSSR count). The first kappa shape index (κ1) is 13.9. The molecule has 0 saturated heterocycles. The van der Waals surface area contributed by atoms with E-state index >= 15 is 0 Å². The fourth-order valence-corrected chi connectivity index (χ4v) is 1.65. The number of unbranched alkanes of at least 4 members (excludes halogenated alkanes) is 2. The van der Waals surface area contributed by atoms with E-state index in [4.69, 9.17) is 4.74 Å². The molecule has 17 heavy (non-hydrogen) atoms. The van der Waals surface area contributed by atoms with Gasteiger partial charge in [-0.2, -0.15) is 0 Å². The standard InChI is InChI=1S/C10H18N4O2S/c1-2-16-7-5-3-4-6-11-10(15)13-9-8-12-14-17-9/h8H,2-7H2,1H3,(H2,11,13,15). The molecule has 2 amide bonds. The Kier molecular flexibility index (Phi) is 7.24. The Hall–Kier alpha value is -1.21. The van der Waals surface area contributed by atoms with E-state index < -0.39 is 0 Å². The summed E-state index contributed by atoms with van der Waals surface area (Å²) >= 11 is 1.15. The first-order valence-electron chi connectivity index (χ1n) is 5.73. The molecule has 1 heterocycles. The number of rotatable bonds is 8. The fourth-order valence-electron chi connectivity index (χ4n) is 1.23. The monoisotopic (exact) mass is 258 g/mol. The number of anilines is 1. The van der Waals surface area contributed by atoms with Gasteiger partial charge in [-0.3, -0.25) is 5.32 Å². The van der Waals surface area contributed by atoms with Gasteiger partial charge in [0.15, 0.2) is 0 Å². The van der Waals surface area contributed by atoms with E-state index in [0.717, 1.165) is 44.0 Å². The van der Waals surface area contributed by atoms with Gasteiger partial charge < -0.3 is 10.1 Å². The van der Waals surface area contributed by atoms with E-state index in [0.29, 0.717) is 11.5 Å². The topological polar surface area (TPSA) is 76.1 Å². The predicted molar refractivity (Wildman–Crippen MR) is 67.3 cm³/mol. The second kappa shape index (κ2) is 8.89. The van der Waals surface area contributed by atoms with Gasteiger partial charge in [0.05, 0.1) is 6.20 Å². The average Bonchev–Trinajstić information content (AvgIpc) is 2.80. The van der Waals surface area contributed by atoms with Crippen LogP contribution in [-0.2, 0) is 4.74 Å². The van der Waals surface area contributed by atoms with Crippen molar-refractivity contribution >= 4 is 22.6 Å². The minimum atomic E-state index is -0.208. The van der Waals surface area contributed by atoms with Gasteiger partial charge >= 0.3 is 6.03 Å². The fraction of sp³-hybridized carbons (Fsp3) is 0.700. The van der Waals surface area contributed by atoms with Crippen LogP contribution in [0.15, 0.2) is 6.20 Å². The number of carbonyl (C=O) groups is 1. The Bertz CT molecular complexity index is 305. The summed E-state index contributed by atoms with van der Waals surface area (Å²) in [5.74, 6) is 0. The molecule has 0 aliphatic heterocycles. The molecule has 0 atom stereocenters. The van der Waals surface area contributed by atoms with Gasteiger partial charge in [0.25, 0.3) is 0 Å². The van der Waals surface area contributed by atoms with Crippen molar-refractivity contribution in [3.63, 3.8) is 0 Å². The van der Waals surface area contributed by atoms with Crippen molar-refractivity contribution < 1.29 is 9.53 Å². The van der Waals surface area contributed by atoms with E-state index in [1.165, 1.54) is 6.20 Å². The van der Waals surface area contributed by atoms with Crippen LogP contribution in [0.2, 0.25) is 0 Å².